The van der Waals surface area contributed by atoms with Crippen molar-refractivity contribution in [1.29, 1.82) is 5.26 Å². The van der Waals surface area contributed by atoms with Gasteiger partial charge in [-0.15, -0.1) is 0 Å². The van der Waals surface area contributed by atoms with Crippen LogP contribution in [0.3, 0.4) is 0 Å². The number of nitriles is 1. The van der Waals surface area contributed by atoms with Gasteiger partial charge in [-0.25, -0.2) is 4.98 Å². The molecule has 16 heavy (non-hydrogen) atoms. The quantitative estimate of drug-likeness (QED) is 0.842. The van der Waals surface area contributed by atoms with Gasteiger partial charge in [0.15, 0.2) is 0 Å². The molecule has 0 aliphatic carbocycles. The fourth-order valence-electron chi connectivity index (χ4n) is 1.77. The molecule has 1 aromatic rings. The molecule has 1 saturated heterocycles. The zero-order valence-corrected chi connectivity index (χ0v) is 9.67. The van der Waals surface area contributed by atoms with E-state index in [9.17, 15) is 4.21 Å². The van der Waals surface area contributed by atoms with Gasteiger partial charge in [-0.05, 0) is 31.5 Å². The molecular formula is C11H13N3OS. The minimum Gasteiger partial charge on any atom is -0.313 e. The molecule has 4 nitrogen and oxygen atoms in total. The maximum absolute atomic E-state index is 12.0. The maximum atomic E-state index is 12.0. The zero-order chi connectivity index (χ0) is 11.4. The highest BCUT2D eigenvalue weighted by Gasteiger charge is 2.18. The first-order chi connectivity index (χ1) is 7.79. The highest BCUT2D eigenvalue weighted by Crippen LogP contribution is 2.11. The molecular weight excluding hydrogens is 222 g/mol. The van der Waals surface area contributed by atoms with E-state index in [1.807, 2.05) is 6.07 Å². The largest absolute Gasteiger partial charge is 0.313 e. The second-order valence-corrected chi connectivity index (χ2v) is 5.24. The maximum Gasteiger partial charge on any atom is 0.128 e. The van der Waals surface area contributed by atoms with Crippen LogP contribution in [-0.2, 0) is 10.8 Å². The molecule has 0 radical (unpaired) electrons. The van der Waals surface area contributed by atoms with E-state index in [0.717, 1.165) is 19.4 Å². The van der Waals surface area contributed by atoms with E-state index in [0.29, 0.717) is 22.4 Å². The van der Waals surface area contributed by atoms with Gasteiger partial charge in [0.05, 0.1) is 22.4 Å². The Morgan fingerprint density at radius 3 is 3.25 bits per heavy atom. The normalized spacial score (nSPS) is 21.6. The molecule has 2 rings (SSSR count). The fraction of sp³-hybridized carbons (Fsp3) is 0.455. The summed E-state index contributed by atoms with van der Waals surface area (Å²) in [4.78, 5) is 4.05. The van der Waals surface area contributed by atoms with Crippen LogP contribution in [0.25, 0.3) is 0 Å². The number of nitrogens with one attached hydrogen (secondary N) is 1. The summed E-state index contributed by atoms with van der Waals surface area (Å²) in [6, 6.07) is 5.57. The zero-order valence-electron chi connectivity index (χ0n) is 8.85. The molecule has 0 amide bonds. The lowest BCUT2D eigenvalue weighted by Crippen LogP contribution is -2.27. The van der Waals surface area contributed by atoms with E-state index in [2.05, 4.69) is 10.3 Å². The molecule has 0 spiro atoms. The molecule has 2 heterocycles. The lowest BCUT2D eigenvalue weighted by atomic mass is 10.3. The molecule has 5 heteroatoms. The van der Waals surface area contributed by atoms with E-state index >= 15 is 0 Å². The van der Waals surface area contributed by atoms with Crippen molar-refractivity contribution in [1.82, 2.24) is 10.3 Å². The number of nitrogens with zero attached hydrogens (tertiary/aromatic N) is 2. The fourth-order valence-corrected chi connectivity index (χ4v) is 3.03. The Bertz CT molecular complexity index is 435. The molecule has 1 N–H and O–H groups in total. The Morgan fingerprint density at radius 1 is 1.69 bits per heavy atom. The molecule has 0 aromatic carbocycles. The molecule has 0 saturated carbocycles. The summed E-state index contributed by atoms with van der Waals surface area (Å²) in [5.74, 6) is 0.585. The molecule has 1 aromatic heterocycles. The van der Waals surface area contributed by atoms with Crippen LogP contribution in [0.5, 0.6) is 0 Å². The first-order valence-corrected chi connectivity index (χ1v) is 6.59. The second-order valence-electron chi connectivity index (χ2n) is 3.80. The number of aromatic nitrogens is 1. The number of hydrogen-bond acceptors (Lipinski definition) is 4. The van der Waals surface area contributed by atoms with Gasteiger partial charge in [0.1, 0.15) is 5.03 Å². The van der Waals surface area contributed by atoms with Crippen LogP contribution in [0, 0.1) is 11.3 Å². The standard InChI is InChI=1S/C11H13N3OS/c12-7-9-3-5-14-11(6-9)16(15)8-10-2-1-4-13-10/h3,5-6,10,13H,1-2,4,8H2. The molecule has 0 bridgehead atoms. The average molecular weight is 235 g/mol. The van der Waals surface area contributed by atoms with Crippen molar-refractivity contribution >= 4 is 10.8 Å². The third kappa shape index (κ3) is 2.65. The number of hydrogen-bond donors (Lipinski definition) is 1. The van der Waals surface area contributed by atoms with Crippen molar-refractivity contribution in [3.63, 3.8) is 0 Å². The van der Waals surface area contributed by atoms with Gasteiger partial charge in [-0.3, -0.25) is 4.21 Å². The van der Waals surface area contributed by atoms with Gasteiger partial charge in [0, 0.05) is 18.0 Å². The van der Waals surface area contributed by atoms with Gasteiger partial charge in [-0.1, -0.05) is 0 Å². The van der Waals surface area contributed by atoms with Crippen molar-refractivity contribution in [2.24, 2.45) is 0 Å². The summed E-state index contributed by atoms with van der Waals surface area (Å²) in [5.41, 5.74) is 0.512. The third-order valence-electron chi connectivity index (χ3n) is 2.61. The summed E-state index contributed by atoms with van der Waals surface area (Å²) in [7, 11) is -1.11. The Labute approximate surface area is 97.2 Å². The SMILES string of the molecule is N#Cc1ccnc(S(=O)CC2CCCN2)c1. The van der Waals surface area contributed by atoms with E-state index in [4.69, 9.17) is 5.26 Å². The van der Waals surface area contributed by atoms with Crippen LogP contribution < -0.4 is 5.32 Å². The summed E-state index contributed by atoms with van der Waals surface area (Å²) in [6.45, 7) is 1.01. The number of pyridine rings is 1. The molecule has 2 unspecified atom stereocenters. The predicted molar refractivity (Wildman–Crippen MR) is 61.3 cm³/mol. The van der Waals surface area contributed by atoms with Crippen LogP contribution in [0.15, 0.2) is 23.4 Å². The highest BCUT2D eigenvalue weighted by molar-refractivity contribution is 7.85. The monoisotopic (exact) mass is 235 g/mol. The van der Waals surface area contributed by atoms with Crippen molar-refractivity contribution in [2.45, 2.75) is 23.9 Å². The van der Waals surface area contributed by atoms with Crippen LogP contribution in [-0.4, -0.2) is 27.5 Å². The van der Waals surface area contributed by atoms with Crippen molar-refractivity contribution < 1.29 is 4.21 Å². The Kier molecular flexibility index (Phi) is 3.65. The minimum atomic E-state index is -1.11. The topological polar surface area (TPSA) is 65.8 Å². The molecule has 1 fully saturated rings. The second kappa shape index (κ2) is 5.19. The smallest absolute Gasteiger partial charge is 0.128 e. The Balaban J connectivity index is 2.05. The molecule has 1 aliphatic heterocycles. The summed E-state index contributed by atoms with van der Waals surface area (Å²) >= 11 is 0. The Hall–Kier alpha value is -1.25. The van der Waals surface area contributed by atoms with Crippen LogP contribution in [0.1, 0.15) is 18.4 Å². The predicted octanol–water partition coefficient (Wildman–Crippen LogP) is 0.813. The summed E-state index contributed by atoms with van der Waals surface area (Å²) < 4.78 is 12.0. The first-order valence-electron chi connectivity index (χ1n) is 5.27. The Morgan fingerprint density at radius 2 is 2.56 bits per heavy atom. The lowest BCUT2D eigenvalue weighted by molar-refractivity contribution is 0.641. The molecule has 2 atom stereocenters. The van der Waals surface area contributed by atoms with Crippen LogP contribution in [0.2, 0.25) is 0 Å². The molecule has 1 aliphatic rings. The van der Waals surface area contributed by atoms with Gasteiger partial charge in [-0.2, -0.15) is 5.26 Å². The van der Waals surface area contributed by atoms with Crippen LogP contribution >= 0.6 is 0 Å². The molecule has 84 valence electrons. The summed E-state index contributed by atoms with van der Waals surface area (Å²) in [6.07, 6.45) is 3.76. The van der Waals surface area contributed by atoms with Crippen molar-refractivity contribution in [2.75, 3.05) is 12.3 Å². The van der Waals surface area contributed by atoms with Gasteiger partial charge < -0.3 is 5.32 Å². The average Bonchev–Trinajstić information content (AvgIpc) is 2.82. The highest BCUT2D eigenvalue weighted by atomic mass is 32.2. The van der Waals surface area contributed by atoms with E-state index in [1.54, 1.807) is 12.1 Å². The third-order valence-corrected chi connectivity index (χ3v) is 4.01. The van der Waals surface area contributed by atoms with Gasteiger partial charge in [0.25, 0.3) is 0 Å². The van der Waals surface area contributed by atoms with Gasteiger partial charge in [0.2, 0.25) is 0 Å². The van der Waals surface area contributed by atoms with Crippen molar-refractivity contribution in [3.05, 3.63) is 23.9 Å². The van der Waals surface area contributed by atoms with Gasteiger partial charge >= 0.3 is 0 Å². The van der Waals surface area contributed by atoms with Crippen molar-refractivity contribution in [3.8, 4) is 6.07 Å². The van der Waals surface area contributed by atoms with E-state index < -0.39 is 10.8 Å². The number of rotatable bonds is 3. The summed E-state index contributed by atoms with van der Waals surface area (Å²) in [5, 5.41) is 12.5. The van der Waals surface area contributed by atoms with Crippen LogP contribution in [0.4, 0.5) is 0 Å². The van der Waals surface area contributed by atoms with E-state index in [-0.39, 0.29) is 0 Å². The lowest BCUT2D eigenvalue weighted by Gasteiger charge is -2.08. The van der Waals surface area contributed by atoms with E-state index in [1.165, 1.54) is 6.20 Å². The minimum absolute atomic E-state index is 0.327. The first kappa shape index (κ1) is 11.2.